The van der Waals surface area contributed by atoms with Crippen LogP contribution in [-0.2, 0) is 12.7 Å². The smallest absolute Gasteiger partial charge is 0.357 e. The van der Waals surface area contributed by atoms with E-state index in [0.717, 1.165) is 55.5 Å². The van der Waals surface area contributed by atoms with Crippen LogP contribution in [0.5, 0.6) is 0 Å². The third-order valence-electron chi connectivity index (χ3n) is 6.26. The van der Waals surface area contributed by atoms with E-state index in [4.69, 9.17) is 0 Å². The molecule has 7 nitrogen and oxygen atoms in total. The van der Waals surface area contributed by atoms with Gasteiger partial charge in [0.25, 0.3) is 5.91 Å². The standard InChI is InChI=1S/C25H29F3N6O/c1-16(2)23-20(15-32-34(23)22-7-5-19(14-30-22)25(26,27)28)24(35)31-13-18-4-6-21(29-12-18)33-10-8-17(3)9-11-33/h4-7,12,14-17H,8-11,13H2,1-3H3,(H,31,35). The Morgan fingerprint density at radius 3 is 2.31 bits per heavy atom. The molecule has 4 heterocycles. The average molecular weight is 487 g/mol. The number of nitrogens with zero attached hydrogens (tertiary/aromatic N) is 5. The Balaban J connectivity index is 1.45. The number of pyridine rings is 2. The number of hydrogen-bond acceptors (Lipinski definition) is 5. The van der Waals surface area contributed by atoms with Crippen LogP contribution in [-0.4, -0.2) is 38.7 Å². The summed E-state index contributed by atoms with van der Waals surface area (Å²) in [5.74, 6) is 1.47. The van der Waals surface area contributed by atoms with Crippen LogP contribution >= 0.6 is 0 Å². The van der Waals surface area contributed by atoms with Crippen LogP contribution in [0.3, 0.4) is 0 Å². The second kappa shape index (κ2) is 10.1. The summed E-state index contributed by atoms with van der Waals surface area (Å²) in [5, 5.41) is 7.13. The number of anilines is 1. The van der Waals surface area contributed by atoms with Crippen molar-refractivity contribution in [2.24, 2.45) is 5.92 Å². The molecular weight excluding hydrogens is 457 g/mol. The minimum absolute atomic E-state index is 0.115. The zero-order valence-electron chi connectivity index (χ0n) is 20.0. The Bertz CT molecular complexity index is 1150. The molecule has 1 aliphatic rings. The highest BCUT2D eigenvalue weighted by atomic mass is 19.4. The molecule has 1 aliphatic heterocycles. The number of carbonyl (C=O) groups excluding carboxylic acids is 1. The molecule has 35 heavy (non-hydrogen) atoms. The molecule has 0 radical (unpaired) electrons. The number of piperidine rings is 1. The van der Waals surface area contributed by atoms with E-state index in [1.807, 2.05) is 26.0 Å². The summed E-state index contributed by atoms with van der Waals surface area (Å²) in [5.41, 5.74) is 0.957. The van der Waals surface area contributed by atoms with Gasteiger partial charge in [0.05, 0.1) is 23.0 Å². The van der Waals surface area contributed by atoms with Crippen molar-refractivity contribution in [1.82, 2.24) is 25.1 Å². The number of carbonyl (C=O) groups is 1. The minimum Gasteiger partial charge on any atom is -0.357 e. The molecule has 0 aromatic carbocycles. The fourth-order valence-corrected chi connectivity index (χ4v) is 4.17. The van der Waals surface area contributed by atoms with Gasteiger partial charge < -0.3 is 10.2 Å². The van der Waals surface area contributed by atoms with Crippen LogP contribution in [0.15, 0.2) is 42.9 Å². The van der Waals surface area contributed by atoms with E-state index < -0.39 is 11.7 Å². The summed E-state index contributed by atoms with van der Waals surface area (Å²) in [4.78, 5) is 23.7. The SMILES string of the molecule is CC1CCN(c2ccc(CNC(=O)c3cnn(-c4ccc(C(F)(F)F)cn4)c3C(C)C)cn2)CC1. The molecule has 10 heteroatoms. The lowest BCUT2D eigenvalue weighted by molar-refractivity contribution is -0.137. The Kier molecular flexibility index (Phi) is 7.09. The fraction of sp³-hybridized carbons (Fsp3) is 0.440. The molecule has 1 amide bonds. The maximum Gasteiger partial charge on any atom is 0.417 e. The van der Waals surface area contributed by atoms with Crippen molar-refractivity contribution >= 4 is 11.7 Å². The highest BCUT2D eigenvalue weighted by molar-refractivity contribution is 5.95. The number of halogens is 3. The van der Waals surface area contributed by atoms with Crippen LogP contribution in [0.1, 0.15) is 66.7 Å². The van der Waals surface area contributed by atoms with E-state index in [2.05, 4.69) is 32.2 Å². The summed E-state index contributed by atoms with van der Waals surface area (Å²) in [6.07, 6.45) is 1.80. The first-order chi connectivity index (χ1) is 16.6. The molecule has 0 saturated carbocycles. The Hall–Kier alpha value is -3.43. The van der Waals surface area contributed by atoms with E-state index in [9.17, 15) is 18.0 Å². The van der Waals surface area contributed by atoms with Gasteiger partial charge in [-0.1, -0.05) is 26.8 Å². The van der Waals surface area contributed by atoms with Crippen molar-refractivity contribution in [3.63, 3.8) is 0 Å². The van der Waals surface area contributed by atoms with Crippen LogP contribution in [0.4, 0.5) is 19.0 Å². The molecule has 3 aromatic heterocycles. The molecular formula is C25H29F3N6O. The largest absolute Gasteiger partial charge is 0.417 e. The van der Waals surface area contributed by atoms with Crippen molar-refractivity contribution in [2.45, 2.75) is 52.3 Å². The first-order valence-electron chi connectivity index (χ1n) is 11.7. The molecule has 186 valence electrons. The van der Waals surface area contributed by atoms with Crippen LogP contribution in [0, 0.1) is 5.92 Å². The molecule has 0 aliphatic carbocycles. The minimum atomic E-state index is -4.47. The monoisotopic (exact) mass is 486 g/mol. The summed E-state index contributed by atoms with van der Waals surface area (Å²) in [6.45, 7) is 8.34. The second-order valence-corrected chi connectivity index (χ2v) is 9.29. The summed E-state index contributed by atoms with van der Waals surface area (Å²) in [6, 6.07) is 6.14. The van der Waals surface area contributed by atoms with Gasteiger partial charge in [0.1, 0.15) is 5.82 Å². The molecule has 1 N–H and O–H groups in total. The van der Waals surface area contributed by atoms with Gasteiger partial charge in [0.2, 0.25) is 0 Å². The molecule has 0 bridgehead atoms. The average Bonchev–Trinajstić information content (AvgIpc) is 3.29. The van der Waals surface area contributed by atoms with Gasteiger partial charge in [-0.15, -0.1) is 0 Å². The van der Waals surface area contributed by atoms with Crippen molar-refractivity contribution in [1.29, 1.82) is 0 Å². The molecule has 0 atom stereocenters. The lowest BCUT2D eigenvalue weighted by Crippen LogP contribution is -2.33. The summed E-state index contributed by atoms with van der Waals surface area (Å²) < 4.78 is 40.0. The third kappa shape index (κ3) is 5.63. The summed E-state index contributed by atoms with van der Waals surface area (Å²) >= 11 is 0. The van der Waals surface area contributed by atoms with Gasteiger partial charge in [0.15, 0.2) is 5.82 Å². The predicted molar refractivity (Wildman–Crippen MR) is 126 cm³/mol. The molecule has 0 spiro atoms. The zero-order valence-corrected chi connectivity index (χ0v) is 20.0. The van der Waals surface area contributed by atoms with Crippen molar-refractivity contribution < 1.29 is 18.0 Å². The maximum atomic E-state index is 13.0. The fourth-order valence-electron chi connectivity index (χ4n) is 4.17. The van der Waals surface area contributed by atoms with Gasteiger partial charge in [-0.2, -0.15) is 18.3 Å². The first kappa shape index (κ1) is 24.7. The van der Waals surface area contributed by atoms with E-state index in [1.54, 1.807) is 6.20 Å². The maximum absolute atomic E-state index is 13.0. The van der Waals surface area contributed by atoms with E-state index >= 15 is 0 Å². The lowest BCUT2D eigenvalue weighted by atomic mass is 9.99. The zero-order chi connectivity index (χ0) is 25.2. The van der Waals surface area contributed by atoms with Gasteiger partial charge in [-0.3, -0.25) is 4.79 Å². The lowest BCUT2D eigenvalue weighted by Gasteiger charge is -2.31. The predicted octanol–water partition coefficient (Wildman–Crippen LogP) is 4.97. The second-order valence-electron chi connectivity index (χ2n) is 9.29. The van der Waals surface area contributed by atoms with Gasteiger partial charge in [0, 0.05) is 32.0 Å². The number of hydrogen-bond donors (Lipinski definition) is 1. The number of nitrogens with one attached hydrogen (secondary N) is 1. The molecule has 1 fully saturated rings. The number of aromatic nitrogens is 4. The molecule has 0 unspecified atom stereocenters. The van der Waals surface area contributed by atoms with Gasteiger partial charge in [-0.25, -0.2) is 14.6 Å². The van der Waals surface area contributed by atoms with Crippen molar-refractivity contribution in [3.05, 3.63) is 65.2 Å². The highest BCUT2D eigenvalue weighted by Crippen LogP contribution is 2.29. The Morgan fingerprint density at radius 1 is 1.06 bits per heavy atom. The molecule has 1 saturated heterocycles. The van der Waals surface area contributed by atoms with Gasteiger partial charge >= 0.3 is 6.18 Å². The highest BCUT2D eigenvalue weighted by Gasteiger charge is 2.31. The van der Waals surface area contributed by atoms with Crippen molar-refractivity contribution in [2.75, 3.05) is 18.0 Å². The third-order valence-corrected chi connectivity index (χ3v) is 6.26. The van der Waals surface area contributed by atoms with E-state index in [1.165, 1.54) is 16.9 Å². The van der Waals surface area contributed by atoms with Gasteiger partial charge in [-0.05, 0) is 48.4 Å². The quantitative estimate of drug-likeness (QED) is 0.532. The Labute approximate surface area is 202 Å². The van der Waals surface area contributed by atoms with Crippen LogP contribution < -0.4 is 10.2 Å². The topological polar surface area (TPSA) is 75.9 Å². The number of alkyl halides is 3. The normalized spacial score (nSPS) is 15.0. The molecule has 3 aromatic rings. The Morgan fingerprint density at radius 2 is 1.74 bits per heavy atom. The number of amides is 1. The first-order valence-corrected chi connectivity index (χ1v) is 11.7. The van der Waals surface area contributed by atoms with Crippen LogP contribution in [0.25, 0.3) is 5.82 Å². The number of rotatable bonds is 6. The van der Waals surface area contributed by atoms with Crippen molar-refractivity contribution in [3.8, 4) is 5.82 Å². The summed E-state index contributed by atoms with van der Waals surface area (Å²) in [7, 11) is 0. The van der Waals surface area contributed by atoms with E-state index in [-0.39, 0.29) is 17.6 Å². The molecule has 4 rings (SSSR count). The van der Waals surface area contributed by atoms with E-state index in [0.29, 0.717) is 17.8 Å². The van der Waals surface area contributed by atoms with Crippen LogP contribution in [0.2, 0.25) is 0 Å².